The molecule has 0 atom stereocenters. The largest absolute Gasteiger partial charge is 0.439 e. The second-order valence-corrected chi connectivity index (χ2v) is 3.64. The lowest BCUT2D eigenvalue weighted by Gasteiger charge is -2.09. The van der Waals surface area contributed by atoms with Crippen LogP contribution >= 0.6 is 0 Å². The van der Waals surface area contributed by atoms with Crippen LogP contribution in [0.3, 0.4) is 0 Å². The number of hydrogen-bond donors (Lipinski definition) is 1. The normalized spacial score (nSPS) is 9.61. The molecule has 0 bridgehead atoms. The first-order chi connectivity index (χ1) is 8.74. The second kappa shape index (κ2) is 5.15. The zero-order valence-corrected chi connectivity index (χ0v) is 10.1. The van der Waals surface area contributed by atoms with Crippen LogP contribution in [0.15, 0.2) is 30.6 Å². The molecule has 0 amide bonds. The van der Waals surface area contributed by atoms with Gasteiger partial charge in [-0.2, -0.15) is 5.26 Å². The molecule has 0 spiro atoms. The van der Waals surface area contributed by atoms with Crippen molar-refractivity contribution in [2.45, 2.75) is 6.92 Å². The number of anilines is 1. The third-order valence-electron chi connectivity index (χ3n) is 2.45. The number of nitrogens with zero attached hydrogens (tertiary/aromatic N) is 3. The van der Waals surface area contributed by atoms with Crippen molar-refractivity contribution in [1.29, 1.82) is 5.26 Å². The summed E-state index contributed by atoms with van der Waals surface area (Å²) in [6.07, 6.45) is 1.43. The van der Waals surface area contributed by atoms with E-state index in [2.05, 4.69) is 21.4 Å². The summed E-state index contributed by atoms with van der Waals surface area (Å²) < 4.78 is 5.65. The molecule has 1 aromatic heterocycles. The van der Waals surface area contributed by atoms with Crippen molar-refractivity contribution in [2.24, 2.45) is 0 Å². The molecule has 1 heterocycles. The van der Waals surface area contributed by atoms with Crippen molar-refractivity contribution in [2.75, 3.05) is 12.4 Å². The van der Waals surface area contributed by atoms with E-state index in [4.69, 9.17) is 10.00 Å². The van der Waals surface area contributed by atoms with E-state index in [9.17, 15) is 0 Å². The zero-order chi connectivity index (χ0) is 13.0. The smallest absolute Gasteiger partial charge is 0.227 e. The van der Waals surface area contributed by atoms with E-state index in [-0.39, 0.29) is 0 Å². The molecule has 0 saturated heterocycles. The molecule has 0 unspecified atom stereocenters. The molecule has 0 saturated carbocycles. The van der Waals surface area contributed by atoms with Gasteiger partial charge in [-0.3, -0.25) is 0 Å². The first-order valence-electron chi connectivity index (χ1n) is 5.42. The Morgan fingerprint density at radius 2 is 2.17 bits per heavy atom. The maximum Gasteiger partial charge on any atom is 0.227 e. The molecule has 0 aliphatic heterocycles. The zero-order valence-electron chi connectivity index (χ0n) is 10.1. The first kappa shape index (κ1) is 11.9. The Hall–Kier alpha value is -2.61. The van der Waals surface area contributed by atoms with E-state index in [0.29, 0.717) is 17.2 Å². The number of rotatable bonds is 3. The van der Waals surface area contributed by atoms with Gasteiger partial charge in [-0.25, -0.2) is 9.97 Å². The highest BCUT2D eigenvalue weighted by atomic mass is 16.5. The van der Waals surface area contributed by atoms with Gasteiger partial charge in [0.2, 0.25) is 5.88 Å². The molecule has 90 valence electrons. The minimum atomic E-state index is 0.476. The molecule has 18 heavy (non-hydrogen) atoms. The number of aromatic nitrogens is 2. The summed E-state index contributed by atoms with van der Waals surface area (Å²) in [6.45, 7) is 1.87. The lowest BCUT2D eigenvalue weighted by Crippen LogP contribution is -1.99. The van der Waals surface area contributed by atoms with E-state index in [1.165, 1.54) is 6.33 Å². The molecular weight excluding hydrogens is 228 g/mol. The van der Waals surface area contributed by atoms with E-state index in [0.717, 1.165) is 11.4 Å². The van der Waals surface area contributed by atoms with Gasteiger partial charge >= 0.3 is 0 Å². The van der Waals surface area contributed by atoms with Crippen molar-refractivity contribution in [3.8, 4) is 17.7 Å². The SMILES string of the molecule is CNc1ncnc(Oc2cccc(C#N)c2)c1C. The van der Waals surface area contributed by atoms with Gasteiger partial charge in [0.05, 0.1) is 17.2 Å². The predicted molar refractivity (Wildman–Crippen MR) is 67.5 cm³/mol. The van der Waals surface area contributed by atoms with Gasteiger partial charge in [-0.15, -0.1) is 0 Å². The predicted octanol–water partition coefficient (Wildman–Crippen LogP) is 2.49. The molecule has 2 aromatic rings. The molecular formula is C13H12N4O. The van der Waals surface area contributed by atoms with Crippen LogP contribution in [0.4, 0.5) is 5.82 Å². The monoisotopic (exact) mass is 240 g/mol. The Balaban J connectivity index is 2.31. The quantitative estimate of drug-likeness (QED) is 0.892. The molecule has 5 nitrogen and oxygen atoms in total. The average Bonchev–Trinajstić information content (AvgIpc) is 2.41. The van der Waals surface area contributed by atoms with Crippen LogP contribution < -0.4 is 10.1 Å². The molecule has 0 radical (unpaired) electrons. The molecule has 2 rings (SSSR count). The third kappa shape index (κ3) is 2.38. The summed E-state index contributed by atoms with van der Waals surface area (Å²) in [6, 6.07) is 9.00. The number of benzene rings is 1. The topological polar surface area (TPSA) is 70.8 Å². The fourth-order valence-corrected chi connectivity index (χ4v) is 1.53. The summed E-state index contributed by atoms with van der Waals surface area (Å²) in [5.41, 5.74) is 1.37. The Labute approximate surface area is 105 Å². The summed E-state index contributed by atoms with van der Waals surface area (Å²) in [5, 5.41) is 11.8. The van der Waals surface area contributed by atoms with Crippen molar-refractivity contribution in [3.63, 3.8) is 0 Å². The van der Waals surface area contributed by atoms with Crippen LogP contribution in [0, 0.1) is 18.3 Å². The van der Waals surface area contributed by atoms with E-state index in [1.807, 2.05) is 6.92 Å². The minimum Gasteiger partial charge on any atom is -0.439 e. The van der Waals surface area contributed by atoms with Crippen LogP contribution in [-0.2, 0) is 0 Å². The molecule has 0 aliphatic carbocycles. The molecule has 1 N–H and O–H groups in total. The van der Waals surface area contributed by atoms with Crippen LogP contribution in [0.25, 0.3) is 0 Å². The van der Waals surface area contributed by atoms with Crippen LogP contribution in [0.5, 0.6) is 11.6 Å². The highest BCUT2D eigenvalue weighted by Gasteiger charge is 2.08. The van der Waals surface area contributed by atoms with Crippen molar-refractivity contribution in [1.82, 2.24) is 9.97 Å². The summed E-state index contributed by atoms with van der Waals surface area (Å²) in [5.74, 6) is 1.78. The van der Waals surface area contributed by atoms with Gasteiger partial charge in [0.15, 0.2) is 0 Å². The van der Waals surface area contributed by atoms with E-state index < -0.39 is 0 Å². The van der Waals surface area contributed by atoms with E-state index in [1.54, 1.807) is 31.3 Å². The molecule has 0 aliphatic rings. The van der Waals surface area contributed by atoms with Gasteiger partial charge in [-0.05, 0) is 25.1 Å². The lowest BCUT2D eigenvalue weighted by molar-refractivity contribution is 0.457. The van der Waals surface area contributed by atoms with Crippen molar-refractivity contribution in [3.05, 3.63) is 41.7 Å². The van der Waals surface area contributed by atoms with Gasteiger partial charge < -0.3 is 10.1 Å². The van der Waals surface area contributed by atoms with Gasteiger partial charge in [0.1, 0.15) is 17.9 Å². The molecule has 0 fully saturated rings. The summed E-state index contributed by atoms with van der Waals surface area (Å²) in [7, 11) is 1.79. The summed E-state index contributed by atoms with van der Waals surface area (Å²) >= 11 is 0. The fourth-order valence-electron chi connectivity index (χ4n) is 1.53. The summed E-state index contributed by atoms with van der Waals surface area (Å²) in [4.78, 5) is 8.16. The van der Waals surface area contributed by atoms with Gasteiger partial charge in [0.25, 0.3) is 0 Å². The Bertz CT molecular complexity index is 604. The number of hydrogen-bond acceptors (Lipinski definition) is 5. The number of nitrogens with one attached hydrogen (secondary N) is 1. The Kier molecular flexibility index (Phi) is 3.39. The maximum absolute atomic E-state index is 8.82. The van der Waals surface area contributed by atoms with Crippen LogP contribution in [0.2, 0.25) is 0 Å². The van der Waals surface area contributed by atoms with E-state index >= 15 is 0 Å². The number of nitriles is 1. The fraction of sp³-hybridized carbons (Fsp3) is 0.154. The highest BCUT2D eigenvalue weighted by Crippen LogP contribution is 2.26. The number of ether oxygens (including phenoxy) is 1. The minimum absolute atomic E-state index is 0.476. The molecule has 5 heteroatoms. The van der Waals surface area contributed by atoms with Gasteiger partial charge in [-0.1, -0.05) is 6.07 Å². The highest BCUT2D eigenvalue weighted by molar-refractivity contribution is 5.48. The van der Waals surface area contributed by atoms with Crippen molar-refractivity contribution >= 4 is 5.82 Å². The first-order valence-corrected chi connectivity index (χ1v) is 5.42. The van der Waals surface area contributed by atoms with Crippen molar-refractivity contribution < 1.29 is 4.74 Å². The Morgan fingerprint density at radius 3 is 2.89 bits per heavy atom. The van der Waals surface area contributed by atoms with Crippen LogP contribution in [0.1, 0.15) is 11.1 Å². The maximum atomic E-state index is 8.82. The second-order valence-electron chi connectivity index (χ2n) is 3.64. The van der Waals surface area contributed by atoms with Gasteiger partial charge in [0, 0.05) is 7.05 Å². The average molecular weight is 240 g/mol. The molecule has 1 aromatic carbocycles. The standard InChI is InChI=1S/C13H12N4O/c1-9-12(15-2)16-8-17-13(9)18-11-5-3-4-10(6-11)7-14/h3-6,8H,1-2H3,(H,15,16,17). The lowest BCUT2D eigenvalue weighted by atomic mass is 10.2. The van der Waals surface area contributed by atoms with Crippen LogP contribution in [-0.4, -0.2) is 17.0 Å². The third-order valence-corrected chi connectivity index (χ3v) is 2.45. The Morgan fingerprint density at radius 1 is 1.33 bits per heavy atom.